The summed E-state index contributed by atoms with van der Waals surface area (Å²) in [6.07, 6.45) is -1.17. The van der Waals surface area contributed by atoms with Gasteiger partial charge in [0.15, 0.2) is 0 Å². The Bertz CT molecular complexity index is 35.5. The Kier molecular flexibility index (Phi) is 166. The van der Waals surface area contributed by atoms with Crippen molar-refractivity contribution < 1.29 is 63.5 Å². The van der Waals surface area contributed by atoms with Crippen LogP contribution in [0.25, 0.3) is 0 Å². The van der Waals surface area contributed by atoms with E-state index in [0.717, 1.165) is 7.11 Å². The molecule has 0 aromatic rings. The summed E-state index contributed by atoms with van der Waals surface area (Å²) in [6.45, 7) is 1.28. The normalized spacial score (nSPS) is 5.57. The van der Waals surface area contributed by atoms with E-state index in [1.165, 1.54) is 6.92 Å². The van der Waals surface area contributed by atoms with Gasteiger partial charge in [-0.15, -0.1) is 0 Å². The zero-order valence-electron chi connectivity index (χ0n) is 7.56. The fourth-order valence-electron chi connectivity index (χ4n) is 0. The monoisotopic (exact) mass is 294 g/mol. The van der Waals surface area contributed by atoms with Gasteiger partial charge in [-0.1, -0.05) is 0 Å². The summed E-state index contributed by atoms with van der Waals surface area (Å²) in [7, 11) is -1.88. The summed E-state index contributed by atoms with van der Waals surface area (Å²) in [5.74, 6) is 0. The minimum Gasteiger partial charge on any atom is -0.412 e. The molecule has 0 aliphatic heterocycles. The van der Waals surface area contributed by atoms with Crippen LogP contribution in [0.15, 0.2) is 0 Å². The zero-order chi connectivity index (χ0) is 9.15. The van der Waals surface area contributed by atoms with E-state index in [9.17, 15) is 0 Å². The Labute approximate surface area is 93.0 Å². The second kappa shape index (κ2) is 49.6. The Morgan fingerprint density at radius 3 is 0.857 bits per heavy atom. The molecule has 99 valence electrons. The smallest absolute Gasteiger partial charge is 0.412 e. The molecule has 0 aromatic carbocycles. The zero-order valence-corrected chi connectivity index (χ0v) is 9.50. The molecule has 0 fully saturated rings. The van der Waals surface area contributed by atoms with E-state index in [4.69, 9.17) is 30.0 Å². The summed E-state index contributed by atoms with van der Waals surface area (Å²) < 4.78 is 0. The molecule has 0 saturated heterocycles. The van der Waals surface area contributed by atoms with Gasteiger partial charge in [0.05, 0.1) is 0 Å². The van der Waals surface area contributed by atoms with Gasteiger partial charge in [0.1, 0.15) is 6.29 Å². The molecule has 0 rings (SSSR count). The predicted octanol–water partition coefficient (Wildman–Crippen LogP) is -4.63. The van der Waals surface area contributed by atoms with Crippen LogP contribution in [0.4, 0.5) is 0 Å². The van der Waals surface area contributed by atoms with Crippen molar-refractivity contribution in [2.24, 2.45) is 0 Å². The van der Waals surface area contributed by atoms with Gasteiger partial charge in [-0.05, 0) is 6.92 Å². The van der Waals surface area contributed by atoms with Gasteiger partial charge in [-0.2, -0.15) is 14.7 Å². The predicted molar refractivity (Wildman–Crippen MR) is 47.9 cm³/mol. The van der Waals surface area contributed by atoms with E-state index in [2.05, 4.69) is 0 Å². The van der Waals surface area contributed by atoms with Crippen LogP contribution in [-0.2, 0) is 17.1 Å². The van der Waals surface area contributed by atoms with E-state index in [1.54, 1.807) is 0 Å². The number of aliphatic hydroxyl groups is 3. The third-order valence-corrected chi connectivity index (χ3v) is 0. The quantitative estimate of drug-likeness (QED) is 0.146. The molecular weight excluding hydrogens is 275 g/mol. The first-order valence-corrected chi connectivity index (χ1v) is 3.55. The van der Waals surface area contributed by atoms with Crippen molar-refractivity contribution in [2.45, 2.75) is 13.2 Å². The molecule has 0 amide bonds. The van der Waals surface area contributed by atoms with E-state index >= 15 is 0 Å². The van der Waals surface area contributed by atoms with Gasteiger partial charge in [0.25, 0.3) is 0 Å². The molecule has 0 aliphatic carbocycles. The van der Waals surface area contributed by atoms with Crippen molar-refractivity contribution in [2.75, 3.05) is 7.11 Å². The van der Waals surface area contributed by atoms with Crippen molar-refractivity contribution in [1.82, 2.24) is 0 Å². The molecule has 0 atom stereocenters. The maximum absolute atomic E-state index is 7.61. The first-order valence-electron chi connectivity index (χ1n) is 2.21. The van der Waals surface area contributed by atoms with Gasteiger partial charge in [0, 0.05) is 7.11 Å². The van der Waals surface area contributed by atoms with E-state index in [1.807, 2.05) is 0 Å². The van der Waals surface area contributed by atoms with E-state index in [0.29, 0.717) is 0 Å². The largest absolute Gasteiger partial charge is 2.00 e. The maximum Gasteiger partial charge on any atom is 2.00 e. The van der Waals surface area contributed by atoms with Gasteiger partial charge in [-0.25, -0.2) is 0 Å². The number of rotatable bonds is 0. The standard InChI is InChI=1S/C2H6O2.CH4O.Cu.H4O3P.3H2O/c1-2(3)4;1-2;;1-4(2)3;;;/h2-4H,1H3;2H,1H3;;1-4H;3*1H2/q;;+2;+1;;;. The second-order valence-corrected chi connectivity index (χ2v) is 1.53. The molecule has 0 saturated carbocycles. The molecular formula is C3H20CuO9P+3. The number of hydrogen-bond acceptors (Lipinski definition) is 6. The SMILES string of the molecule is CC(O)O.CO.O.O.O.O[PH+](O)O.[Cu+2]. The molecule has 0 unspecified atom stereocenters. The summed E-state index contributed by atoms with van der Waals surface area (Å²) in [5, 5.41) is 22.2. The van der Waals surface area contributed by atoms with E-state index < -0.39 is 14.9 Å². The molecule has 12 N–H and O–H groups in total. The molecule has 0 heterocycles. The molecule has 9 nitrogen and oxygen atoms in total. The summed E-state index contributed by atoms with van der Waals surface area (Å²) in [5.41, 5.74) is 0. The van der Waals surface area contributed by atoms with Crippen LogP contribution in [0, 0.1) is 0 Å². The number of aliphatic hydroxyl groups excluding tert-OH is 2. The Morgan fingerprint density at radius 1 is 0.857 bits per heavy atom. The van der Waals surface area contributed by atoms with Gasteiger partial charge >= 0.3 is 25.7 Å². The molecule has 14 heavy (non-hydrogen) atoms. The summed E-state index contributed by atoms with van der Waals surface area (Å²) >= 11 is 0. The minimum absolute atomic E-state index is 0. The third-order valence-electron chi connectivity index (χ3n) is 0. The Balaban J connectivity index is -0.00000000957. The van der Waals surface area contributed by atoms with Crippen molar-refractivity contribution in [3.8, 4) is 0 Å². The summed E-state index contributed by atoms with van der Waals surface area (Å²) in [6, 6.07) is 0. The molecule has 11 heteroatoms. The van der Waals surface area contributed by atoms with Crippen LogP contribution >= 0.6 is 8.60 Å². The van der Waals surface area contributed by atoms with Crippen molar-refractivity contribution in [3.05, 3.63) is 0 Å². The van der Waals surface area contributed by atoms with Gasteiger partial charge < -0.3 is 31.7 Å². The van der Waals surface area contributed by atoms with Gasteiger partial charge in [0.2, 0.25) is 0 Å². The van der Waals surface area contributed by atoms with Crippen LogP contribution in [-0.4, -0.2) is 59.8 Å². The second-order valence-electron chi connectivity index (χ2n) is 0.932. The molecule has 0 bridgehead atoms. The maximum atomic E-state index is 7.61. The molecule has 0 spiro atoms. The molecule has 1 radical (unpaired) electrons. The van der Waals surface area contributed by atoms with Crippen molar-refractivity contribution in [1.29, 1.82) is 0 Å². The van der Waals surface area contributed by atoms with Crippen LogP contribution < -0.4 is 0 Å². The minimum atomic E-state index is -2.88. The average molecular weight is 295 g/mol. The Hall–Kier alpha value is 0.589. The molecule has 0 aliphatic rings. The van der Waals surface area contributed by atoms with Crippen LogP contribution in [0.5, 0.6) is 0 Å². The first-order chi connectivity index (χ1) is 4.46. The average Bonchev–Trinajstić information content (AvgIpc) is 1.66. The van der Waals surface area contributed by atoms with Crippen molar-refractivity contribution in [3.63, 3.8) is 0 Å². The third kappa shape index (κ3) is 4870. The van der Waals surface area contributed by atoms with E-state index in [-0.39, 0.29) is 33.5 Å². The first kappa shape index (κ1) is 46.8. The summed E-state index contributed by atoms with van der Waals surface area (Å²) in [4.78, 5) is 21.8. The topological polar surface area (TPSA) is 216 Å². The fourth-order valence-corrected chi connectivity index (χ4v) is 0. The van der Waals surface area contributed by atoms with Gasteiger partial charge in [-0.3, -0.25) is 0 Å². The fraction of sp³-hybridized carbons (Fsp3) is 1.00. The molecule has 0 aromatic heterocycles. The Morgan fingerprint density at radius 2 is 0.857 bits per heavy atom. The number of hydrogen-bond donors (Lipinski definition) is 6. The van der Waals surface area contributed by atoms with Crippen LogP contribution in [0.2, 0.25) is 0 Å². The van der Waals surface area contributed by atoms with Crippen LogP contribution in [0.3, 0.4) is 0 Å². The van der Waals surface area contributed by atoms with Crippen molar-refractivity contribution >= 4 is 8.60 Å². The van der Waals surface area contributed by atoms with Crippen LogP contribution in [0.1, 0.15) is 6.92 Å².